The number of nitrogens with zero attached hydrogens (tertiary/aromatic N) is 3. The van der Waals surface area contributed by atoms with Crippen LogP contribution in [0.2, 0.25) is 0 Å². The van der Waals surface area contributed by atoms with Gasteiger partial charge in [-0.1, -0.05) is 26.8 Å². The van der Waals surface area contributed by atoms with Gasteiger partial charge in [0, 0.05) is 38.3 Å². The minimum atomic E-state index is 0.494. The second-order valence-electron chi connectivity index (χ2n) is 6.01. The van der Waals surface area contributed by atoms with Crippen LogP contribution in [0.4, 0.5) is 5.82 Å². The Morgan fingerprint density at radius 2 is 2.15 bits per heavy atom. The predicted molar refractivity (Wildman–Crippen MR) is 85.1 cm³/mol. The van der Waals surface area contributed by atoms with E-state index in [0.717, 1.165) is 37.7 Å². The summed E-state index contributed by atoms with van der Waals surface area (Å²) in [5, 5.41) is 3.43. The maximum absolute atomic E-state index is 4.81. The minimum Gasteiger partial charge on any atom is -0.354 e. The van der Waals surface area contributed by atoms with E-state index in [1.54, 1.807) is 0 Å². The van der Waals surface area contributed by atoms with Crippen molar-refractivity contribution in [1.82, 2.24) is 15.2 Å². The average Bonchev–Trinajstić information content (AvgIpc) is 2.46. The first-order chi connectivity index (χ1) is 9.60. The first-order valence-electron chi connectivity index (χ1n) is 7.74. The minimum absolute atomic E-state index is 0.494. The standard InChI is InChI=1S/C16H28N4/c1-5-15-12-20(10-9-19(15)4)16-8-6-7-14(18-16)11-17-13(2)3/h6-8,13,15,17H,5,9-12H2,1-4H3. The first-order valence-corrected chi connectivity index (χ1v) is 7.74. The molecular formula is C16H28N4. The van der Waals surface area contributed by atoms with Gasteiger partial charge in [0.1, 0.15) is 5.82 Å². The summed E-state index contributed by atoms with van der Waals surface area (Å²) in [6.07, 6.45) is 1.20. The third kappa shape index (κ3) is 3.93. The maximum Gasteiger partial charge on any atom is 0.128 e. The van der Waals surface area contributed by atoms with Crippen molar-refractivity contribution in [2.24, 2.45) is 0 Å². The molecule has 1 unspecified atom stereocenters. The van der Waals surface area contributed by atoms with Crippen molar-refractivity contribution >= 4 is 5.82 Å². The number of likely N-dealkylation sites (N-methyl/N-ethyl adjacent to an activating group) is 1. The number of hydrogen-bond acceptors (Lipinski definition) is 4. The van der Waals surface area contributed by atoms with Crippen molar-refractivity contribution in [3.63, 3.8) is 0 Å². The van der Waals surface area contributed by atoms with Crippen LogP contribution >= 0.6 is 0 Å². The number of nitrogens with one attached hydrogen (secondary N) is 1. The van der Waals surface area contributed by atoms with Crippen molar-refractivity contribution in [3.8, 4) is 0 Å². The molecule has 2 heterocycles. The molecule has 1 atom stereocenters. The fourth-order valence-electron chi connectivity index (χ4n) is 2.65. The van der Waals surface area contributed by atoms with Crippen LogP contribution < -0.4 is 10.2 Å². The second kappa shape index (κ2) is 7.04. The highest BCUT2D eigenvalue weighted by Gasteiger charge is 2.23. The molecular weight excluding hydrogens is 248 g/mol. The lowest BCUT2D eigenvalue weighted by atomic mass is 10.1. The fraction of sp³-hybridized carbons (Fsp3) is 0.688. The Bertz CT molecular complexity index is 419. The molecule has 1 N–H and O–H groups in total. The molecule has 1 aliphatic heterocycles. The van der Waals surface area contributed by atoms with Gasteiger partial charge >= 0.3 is 0 Å². The van der Waals surface area contributed by atoms with E-state index in [-0.39, 0.29) is 0 Å². The van der Waals surface area contributed by atoms with Crippen LogP contribution in [0.5, 0.6) is 0 Å². The van der Waals surface area contributed by atoms with Crippen molar-refractivity contribution in [1.29, 1.82) is 0 Å². The Morgan fingerprint density at radius 3 is 2.85 bits per heavy atom. The Hall–Kier alpha value is -1.13. The molecule has 0 bridgehead atoms. The normalized spacial score (nSPS) is 20.6. The van der Waals surface area contributed by atoms with E-state index in [2.05, 4.69) is 61.1 Å². The first kappa shape index (κ1) is 15.3. The number of rotatable bonds is 5. The smallest absolute Gasteiger partial charge is 0.128 e. The molecule has 1 aliphatic rings. The highest BCUT2D eigenvalue weighted by Crippen LogP contribution is 2.18. The molecule has 4 nitrogen and oxygen atoms in total. The van der Waals surface area contributed by atoms with Gasteiger partial charge in [0.2, 0.25) is 0 Å². The summed E-state index contributed by atoms with van der Waals surface area (Å²) >= 11 is 0. The van der Waals surface area contributed by atoms with Crippen molar-refractivity contribution in [2.45, 2.75) is 45.8 Å². The summed E-state index contributed by atoms with van der Waals surface area (Å²) in [7, 11) is 2.22. The zero-order valence-corrected chi connectivity index (χ0v) is 13.3. The van der Waals surface area contributed by atoms with E-state index in [0.29, 0.717) is 12.1 Å². The van der Waals surface area contributed by atoms with Crippen LogP contribution in [0, 0.1) is 0 Å². The molecule has 2 rings (SSSR count). The summed E-state index contributed by atoms with van der Waals surface area (Å²) < 4.78 is 0. The summed E-state index contributed by atoms with van der Waals surface area (Å²) in [6, 6.07) is 7.50. The van der Waals surface area contributed by atoms with Gasteiger partial charge in [0.25, 0.3) is 0 Å². The summed E-state index contributed by atoms with van der Waals surface area (Å²) in [5.74, 6) is 1.12. The van der Waals surface area contributed by atoms with Crippen LogP contribution in [-0.4, -0.2) is 48.6 Å². The molecule has 4 heteroatoms. The summed E-state index contributed by atoms with van der Waals surface area (Å²) in [4.78, 5) is 9.69. The van der Waals surface area contributed by atoms with Crippen molar-refractivity contribution in [2.75, 3.05) is 31.6 Å². The summed E-state index contributed by atoms with van der Waals surface area (Å²) in [5.41, 5.74) is 1.13. The zero-order chi connectivity index (χ0) is 14.5. The second-order valence-corrected chi connectivity index (χ2v) is 6.01. The molecule has 0 spiro atoms. The molecule has 1 aromatic rings. The Balaban J connectivity index is 2.03. The molecule has 1 fully saturated rings. The van der Waals surface area contributed by atoms with E-state index >= 15 is 0 Å². The van der Waals surface area contributed by atoms with Gasteiger partial charge in [-0.2, -0.15) is 0 Å². The third-order valence-electron chi connectivity index (χ3n) is 4.06. The lowest BCUT2D eigenvalue weighted by Crippen LogP contribution is -2.51. The van der Waals surface area contributed by atoms with Crippen LogP contribution in [0.25, 0.3) is 0 Å². The van der Waals surface area contributed by atoms with Gasteiger partial charge in [0.15, 0.2) is 0 Å². The van der Waals surface area contributed by atoms with Gasteiger partial charge in [0.05, 0.1) is 5.69 Å². The zero-order valence-electron chi connectivity index (χ0n) is 13.3. The van der Waals surface area contributed by atoms with E-state index in [1.807, 2.05) is 0 Å². The number of piperazine rings is 1. The molecule has 1 aromatic heterocycles. The van der Waals surface area contributed by atoms with Crippen LogP contribution in [-0.2, 0) is 6.54 Å². The quantitative estimate of drug-likeness (QED) is 0.892. The van der Waals surface area contributed by atoms with E-state index in [1.165, 1.54) is 6.42 Å². The lowest BCUT2D eigenvalue weighted by molar-refractivity contribution is 0.213. The predicted octanol–water partition coefficient (Wildman–Crippen LogP) is 2.11. The van der Waals surface area contributed by atoms with E-state index in [9.17, 15) is 0 Å². The molecule has 0 saturated carbocycles. The Kier molecular flexibility index (Phi) is 5.38. The highest BCUT2D eigenvalue weighted by molar-refractivity contribution is 5.40. The fourth-order valence-corrected chi connectivity index (χ4v) is 2.65. The molecule has 0 radical (unpaired) electrons. The molecule has 1 saturated heterocycles. The monoisotopic (exact) mass is 276 g/mol. The molecule has 112 valence electrons. The van der Waals surface area contributed by atoms with E-state index < -0.39 is 0 Å². The Morgan fingerprint density at radius 1 is 1.35 bits per heavy atom. The van der Waals surface area contributed by atoms with E-state index in [4.69, 9.17) is 4.98 Å². The van der Waals surface area contributed by atoms with Crippen LogP contribution in [0.3, 0.4) is 0 Å². The Labute approximate surface area is 123 Å². The number of hydrogen-bond donors (Lipinski definition) is 1. The number of pyridine rings is 1. The van der Waals surface area contributed by atoms with Gasteiger partial charge in [-0.15, -0.1) is 0 Å². The molecule has 20 heavy (non-hydrogen) atoms. The largest absolute Gasteiger partial charge is 0.354 e. The number of aromatic nitrogens is 1. The van der Waals surface area contributed by atoms with Gasteiger partial charge in [-0.3, -0.25) is 4.90 Å². The van der Waals surface area contributed by atoms with Gasteiger partial charge < -0.3 is 10.2 Å². The summed E-state index contributed by atoms with van der Waals surface area (Å²) in [6.45, 7) is 10.7. The van der Waals surface area contributed by atoms with Crippen molar-refractivity contribution in [3.05, 3.63) is 23.9 Å². The third-order valence-corrected chi connectivity index (χ3v) is 4.06. The van der Waals surface area contributed by atoms with Crippen molar-refractivity contribution < 1.29 is 0 Å². The topological polar surface area (TPSA) is 31.4 Å². The van der Waals surface area contributed by atoms with Crippen LogP contribution in [0.1, 0.15) is 32.9 Å². The SMILES string of the molecule is CCC1CN(c2cccc(CNC(C)C)n2)CCN1C. The van der Waals surface area contributed by atoms with Crippen LogP contribution in [0.15, 0.2) is 18.2 Å². The lowest BCUT2D eigenvalue weighted by Gasteiger charge is -2.39. The number of anilines is 1. The molecule has 0 amide bonds. The van der Waals surface area contributed by atoms with Gasteiger partial charge in [-0.25, -0.2) is 4.98 Å². The highest BCUT2D eigenvalue weighted by atomic mass is 15.3. The molecule has 0 aliphatic carbocycles. The molecule has 0 aromatic carbocycles. The average molecular weight is 276 g/mol. The maximum atomic E-state index is 4.81. The van der Waals surface area contributed by atoms with Gasteiger partial charge in [-0.05, 0) is 25.6 Å².